The molecule has 11 nitrogen and oxygen atoms in total. The molecule has 0 aliphatic heterocycles. The highest BCUT2D eigenvalue weighted by Gasteiger charge is 2.21. The van der Waals surface area contributed by atoms with Gasteiger partial charge in [0, 0.05) is 30.3 Å². The van der Waals surface area contributed by atoms with E-state index < -0.39 is 10.9 Å². The van der Waals surface area contributed by atoms with E-state index in [9.17, 15) is 14.9 Å². The molecule has 0 aliphatic carbocycles. The normalized spacial score (nSPS) is 11.0. The summed E-state index contributed by atoms with van der Waals surface area (Å²) in [6.07, 6.45) is 0. The van der Waals surface area contributed by atoms with Crippen LogP contribution in [0.1, 0.15) is 21.9 Å². The third kappa shape index (κ3) is 4.22. The minimum Gasteiger partial charge on any atom is -0.452 e. The van der Waals surface area contributed by atoms with Crippen molar-refractivity contribution in [1.29, 1.82) is 0 Å². The standard InChI is InChI=1S/C24H18N6O5/c1-14-21-18(12-19(15-6-4-3-5-7-15)25-23(21)29(2)27-14)24(31)34-13-20-26-22(28-35-20)16-8-10-17(11-9-16)30(32)33/h3-12H,13H2,1-2H3. The van der Waals surface area contributed by atoms with Gasteiger partial charge in [0.05, 0.1) is 27.3 Å². The third-order valence-corrected chi connectivity index (χ3v) is 5.39. The fraction of sp³-hybridized carbons (Fsp3) is 0.125. The van der Waals surface area contributed by atoms with Crippen molar-refractivity contribution in [2.75, 3.05) is 0 Å². The van der Waals surface area contributed by atoms with Crippen molar-refractivity contribution >= 4 is 22.7 Å². The lowest BCUT2D eigenvalue weighted by molar-refractivity contribution is -0.384. The van der Waals surface area contributed by atoms with Crippen LogP contribution in [0.4, 0.5) is 5.69 Å². The summed E-state index contributed by atoms with van der Waals surface area (Å²) in [5, 5.41) is 19.7. The summed E-state index contributed by atoms with van der Waals surface area (Å²) < 4.78 is 12.3. The summed E-state index contributed by atoms with van der Waals surface area (Å²) in [7, 11) is 1.77. The van der Waals surface area contributed by atoms with Gasteiger partial charge in [-0.2, -0.15) is 10.1 Å². The zero-order chi connectivity index (χ0) is 24.5. The van der Waals surface area contributed by atoms with Crippen LogP contribution in [0.5, 0.6) is 0 Å². The van der Waals surface area contributed by atoms with Crippen molar-refractivity contribution in [2.24, 2.45) is 7.05 Å². The van der Waals surface area contributed by atoms with E-state index in [1.165, 1.54) is 24.3 Å². The van der Waals surface area contributed by atoms with Crippen molar-refractivity contribution < 1.29 is 19.0 Å². The molecule has 2 aromatic carbocycles. The zero-order valence-corrected chi connectivity index (χ0v) is 18.7. The Morgan fingerprint density at radius 2 is 1.83 bits per heavy atom. The molecule has 35 heavy (non-hydrogen) atoms. The van der Waals surface area contributed by atoms with Crippen LogP contribution in [0.3, 0.4) is 0 Å². The quantitative estimate of drug-likeness (QED) is 0.202. The van der Waals surface area contributed by atoms with E-state index in [0.717, 1.165) is 5.56 Å². The summed E-state index contributed by atoms with van der Waals surface area (Å²) in [6, 6.07) is 16.9. The van der Waals surface area contributed by atoms with E-state index >= 15 is 0 Å². The van der Waals surface area contributed by atoms with Gasteiger partial charge in [-0.05, 0) is 25.1 Å². The Labute approximate surface area is 198 Å². The van der Waals surface area contributed by atoms with Crippen LogP contribution >= 0.6 is 0 Å². The minimum atomic E-state index is -0.583. The predicted molar refractivity (Wildman–Crippen MR) is 124 cm³/mol. The van der Waals surface area contributed by atoms with Gasteiger partial charge in [0.2, 0.25) is 5.82 Å². The topological polar surface area (TPSA) is 139 Å². The number of nitro groups is 1. The summed E-state index contributed by atoms with van der Waals surface area (Å²) in [5.74, 6) is -0.268. The SMILES string of the molecule is Cc1nn(C)c2nc(-c3ccccc3)cc(C(=O)OCc3nc(-c4ccc([N+](=O)[O-])cc4)no3)c12. The third-order valence-electron chi connectivity index (χ3n) is 5.39. The number of benzene rings is 2. The fourth-order valence-electron chi connectivity index (χ4n) is 3.73. The molecular weight excluding hydrogens is 452 g/mol. The van der Waals surface area contributed by atoms with Crippen LogP contribution in [-0.2, 0) is 18.4 Å². The summed E-state index contributed by atoms with van der Waals surface area (Å²) in [6.45, 7) is 1.56. The second-order valence-corrected chi connectivity index (χ2v) is 7.72. The largest absolute Gasteiger partial charge is 0.452 e. The Morgan fingerprint density at radius 3 is 2.54 bits per heavy atom. The lowest BCUT2D eigenvalue weighted by Gasteiger charge is -2.08. The van der Waals surface area contributed by atoms with Gasteiger partial charge in [-0.25, -0.2) is 9.78 Å². The average Bonchev–Trinajstić information content (AvgIpc) is 3.47. The molecule has 0 fully saturated rings. The monoisotopic (exact) mass is 470 g/mol. The molecule has 174 valence electrons. The number of nitrogens with zero attached hydrogens (tertiary/aromatic N) is 6. The first kappa shape index (κ1) is 21.9. The lowest BCUT2D eigenvalue weighted by Crippen LogP contribution is -2.08. The lowest BCUT2D eigenvalue weighted by atomic mass is 10.1. The Balaban J connectivity index is 1.40. The zero-order valence-electron chi connectivity index (χ0n) is 18.7. The van der Waals surface area contributed by atoms with Crippen LogP contribution < -0.4 is 0 Å². The van der Waals surface area contributed by atoms with Crippen LogP contribution in [0.15, 0.2) is 65.2 Å². The number of hydrogen-bond donors (Lipinski definition) is 0. The maximum absolute atomic E-state index is 13.1. The molecule has 0 radical (unpaired) electrons. The van der Waals surface area contributed by atoms with Crippen molar-refractivity contribution in [1.82, 2.24) is 24.9 Å². The number of hydrogen-bond acceptors (Lipinski definition) is 9. The highest BCUT2D eigenvalue weighted by Crippen LogP contribution is 2.27. The van der Waals surface area contributed by atoms with Crippen molar-refractivity contribution in [2.45, 2.75) is 13.5 Å². The Bertz CT molecular complexity index is 1560. The molecule has 5 aromatic rings. The summed E-state index contributed by atoms with van der Waals surface area (Å²) in [5.41, 5.74) is 3.50. The highest BCUT2D eigenvalue weighted by molar-refractivity contribution is 6.05. The Hall–Kier alpha value is -4.93. The first-order valence-electron chi connectivity index (χ1n) is 10.5. The molecule has 11 heteroatoms. The van der Waals surface area contributed by atoms with Gasteiger partial charge in [-0.15, -0.1) is 0 Å². The number of esters is 1. The second kappa shape index (κ2) is 8.78. The van der Waals surface area contributed by atoms with E-state index in [1.54, 1.807) is 24.7 Å². The van der Waals surface area contributed by atoms with Gasteiger partial charge in [-0.1, -0.05) is 35.5 Å². The molecule has 0 saturated carbocycles. The van der Waals surface area contributed by atoms with Gasteiger partial charge >= 0.3 is 5.97 Å². The smallest absolute Gasteiger partial charge is 0.339 e. The van der Waals surface area contributed by atoms with E-state index in [0.29, 0.717) is 33.5 Å². The number of pyridine rings is 1. The number of non-ortho nitro benzene ring substituents is 1. The van der Waals surface area contributed by atoms with Crippen LogP contribution in [-0.4, -0.2) is 35.8 Å². The molecule has 0 saturated heterocycles. The van der Waals surface area contributed by atoms with E-state index in [1.807, 2.05) is 30.3 Å². The molecule has 0 amide bonds. The number of rotatable bonds is 6. The van der Waals surface area contributed by atoms with Gasteiger partial charge in [0.1, 0.15) is 0 Å². The molecule has 0 bridgehead atoms. The number of carbonyl (C=O) groups excluding carboxylic acids is 1. The molecule has 0 spiro atoms. The number of carbonyl (C=O) groups is 1. The first-order chi connectivity index (χ1) is 16.9. The molecular formula is C24H18N6O5. The number of aryl methyl sites for hydroxylation is 2. The molecule has 5 rings (SSSR count). The molecule has 0 N–H and O–H groups in total. The molecule has 0 aliphatic rings. The van der Waals surface area contributed by atoms with Crippen molar-refractivity contribution in [3.8, 4) is 22.6 Å². The number of aromatic nitrogens is 5. The van der Waals surface area contributed by atoms with Gasteiger partial charge in [0.15, 0.2) is 12.3 Å². The van der Waals surface area contributed by atoms with E-state index in [4.69, 9.17) is 14.2 Å². The minimum absolute atomic E-state index is 0.0457. The first-order valence-corrected chi connectivity index (χ1v) is 10.5. The maximum Gasteiger partial charge on any atom is 0.339 e. The molecule has 0 unspecified atom stereocenters. The Kier molecular flexibility index (Phi) is 5.49. The summed E-state index contributed by atoms with van der Waals surface area (Å²) in [4.78, 5) is 32.4. The predicted octanol–water partition coefficient (Wildman–Crippen LogP) is 4.26. The Morgan fingerprint density at radius 1 is 1.09 bits per heavy atom. The van der Waals surface area contributed by atoms with E-state index in [-0.39, 0.29) is 24.0 Å². The average molecular weight is 470 g/mol. The molecule has 3 aromatic heterocycles. The van der Waals surface area contributed by atoms with Crippen LogP contribution in [0, 0.1) is 17.0 Å². The van der Waals surface area contributed by atoms with E-state index in [2.05, 4.69) is 15.2 Å². The number of fused-ring (bicyclic) bond motifs is 1. The number of ether oxygens (including phenoxy) is 1. The van der Waals surface area contributed by atoms with Crippen molar-refractivity contribution in [3.63, 3.8) is 0 Å². The van der Waals surface area contributed by atoms with Gasteiger partial charge in [-0.3, -0.25) is 14.8 Å². The molecule has 0 atom stereocenters. The van der Waals surface area contributed by atoms with Crippen LogP contribution in [0.25, 0.3) is 33.7 Å². The fourth-order valence-corrected chi connectivity index (χ4v) is 3.73. The number of nitro benzene ring substituents is 1. The van der Waals surface area contributed by atoms with Gasteiger partial charge in [0.25, 0.3) is 11.6 Å². The summed E-state index contributed by atoms with van der Waals surface area (Å²) >= 11 is 0. The van der Waals surface area contributed by atoms with Crippen LogP contribution in [0.2, 0.25) is 0 Å². The van der Waals surface area contributed by atoms with Crippen molar-refractivity contribution in [3.05, 3.63) is 87.9 Å². The molecule has 3 heterocycles. The van der Waals surface area contributed by atoms with Gasteiger partial charge < -0.3 is 9.26 Å². The second-order valence-electron chi connectivity index (χ2n) is 7.72. The highest BCUT2D eigenvalue weighted by atomic mass is 16.6. The maximum atomic E-state index is 13.1.